The fourth-order valence-corrected chi connectivity index (χ4v) is 1.87. The maximum Gasteiger partial charge on any atom is 0.387 e. The number of carbonyl (C=O) groups excluding carboxylic acids is 1. The van der Waals surface area contributed by atoms with Crippen molar-refractivity contribution in [3.8, 4) is 5.75 Å². The number of rotatable bonds is 6. The summed E-state index contributed by atoms with van der Waals surface area (Å²) in [6.45, 7) is 0.821. The van der Waals surface area contributed by atoms with E-state index in [2.05, 4.69) is 4.74 Å². The van der Waals surface area contributed by atoms with Crippen molar-refractivity contribution in [1.29, 1.82) is 0 Å². The summed E-state index contributed by atoms with van der Waals surface area (Å²) in [5.41, 5.74) is 1.83. The predicted octanol–water partition coefficient (Wildman–Crippen LogP) is 3.44. The smallest absolute Gasteiger partial charge is 0.387 e. The van der Waals surface area contributed by atoms with Crippen LogP contribution in [0.3, 0.4) is 0 Å². The van der Waals surface area contributed by atoms with Crippen LogP contribution >= 0.6 is 11.6 Å². The zero-order valence-corrected chi connectivity index (χ0v) is 11.5. The first-order valence-corrected chi connectivity index (χ1v) is 6.30. The zero-order valence-electron chi connectivity index (χ0n) is 10.7. The highest BCUT2D eigenvalue weighted by Gasteiger charge is 2.14. The molecule has 0 heterocycles. The van der Waals surface area contributed by atoms with Crippen molar-refractivity contribution >= 4 is 17.6 Å². The first-order valence-electron chi connectivity index (χ1n) is 5.76. The Morgan fingerprint density at radius 3 is 2.58 bits per heavy atom. The summed E-state index contributed by atoms with van der Waals surface area (Å²) >= 11 is 5.68. The minimum atomic E-state index is -2.93. The molecule has 0 atom stereocenters. The molecule has 0 aliphatic heterocycles. The molecule has 0 saturated carbocycles. The second kappa shape index (κ2) is 7.28. The third kappa shape index (κ3) is 4.67. The molecule has 1 rings (SSSR count). The summed E-state index contributed by atoms with van der Waals surface area (Å²) in [5.74, 6) is -0.357. The van der Waals surface area contributed by atoms with Gasteiger partial charge in [0, 0.05) is 5.56 Å². The van der Waals surface area contributed by atoms with E-state index in [9.17, 15) is 13.6 Å². The molecule has 1 aromatic rings. The number of ether oxygens (including phenoxy) is 2. The van der Waals surface area contributed by atoms with Gasteiger partial charge in [-0.25, -0.2) is 0 Å². The fourth-order valence-electron chi connectivity index (χ4n) is 1.66. The molecule has 0 bridgehead atoms. The molecule has 0 unspecified atom stereocenters. The van der Waals surface area contributed by atoms with Crippen molar-refractivity contribution < 1.29 is 23.0 Å². The third-order valence-electron chi connectivity index (χ3n) is 2.52. The number of alkyl halides is 3. The molecule has 0 radical (unpaired) electrons. The van der Waals surface area contributed by atoms with Gasteiger partial charge in [0.15, 0.2) is 0 Å². The summed E-state index contributed by atoms with van der Waals surface area (Å²) in [6.07, 6.45) is 0.0157. The molecule has 6 heteroatoms. The highest BCUT2D eigenvalue weighted by Crippen LogP contribution is 2.27. The average Bonchev–Trinajstić information content (AvgIpc) is 2.32. The molecule has 0 saturated heterocycles. The van der Waals surface area contributed by atoms with E-state index in [0.717, 1.165) is 5.56 Å². The molecule has 0 aliphatic rings. The van der Waals surface area contributed by atoms with Crippen LogP contribution in [-0.4, -0.2) is 19.2 Å². The molecular formula is C13H15ClF2O3. The zero-order chi connectivity index (χ0) is 14.4. The Kier molecular flexibility index (Phi) is 6.02. The van der Waals surface area contributed by atoms with E-state index >= 15 is 0 Å². The Labute approximate surface area is 115 Å². The van der Waals surface area contributed by atoms with Crippen LogP contribution < -0.4 is 4.74 Å². The topological polar surface area (TPSA) is 35.5 Å². The summed E-state index contributed by atoms with van der Waals surface area (Å²) in [6, 6.07) is 3.05. The molecule has 19 heavy (non-hydrogen) atoms. The number of hydrogen-bond donors (Lipinski definition) is 0. The van der Waals surface area contributed by atoms with E-state index in [0.29, 0.717) is 11.1 Å². The van der Waals surface area contributed by atoms with Crippen molar-refractivity contribution in [2.75, 3.05) is 6.61 Å². The lowest BCUT2D eigenvalue weighted by Gasteiger charge is -2.13. The van der Waals surface area contributed by atoms with Crippen LogP contribution in [0, 0.1) is 6.92 Å². The van der Waals surface area contributed by atoms with Gasteiger partial charge in [-0.3, -0.25) is 4.79 Å². The number of halogens is 3. The van der Waals surface area contributed by atoms with Crippen LogP contribution in [0.15, 0.2) is 12.1 Å². The van der Waals surface area contributed by atoms with Gasteiger partial charge in [-0.15, -0.1) is 11.6 Å². The Morgan fingerprint density at radius 2 is 2.05 bits per heavy atom. The second-order valence-corrected chi connectivity index (χ2v) is 4.15. The first kappa shape index (κ1) is 15.7. The van der Waals surface area contributed by atoms with Gasteiger partial charge in [0.2, 0.25) is 0 Å². The lowest BCUT2D eigenvalue weighted by Crippen LogP contribution is -2.10. The first-order chi connectivity index (χ1) is 8.97. The highest BCUT2D eigenvalue weighted by molar-refractivity contribution is 6.17. The van der Waals surface area contributed by atoms with E-state index in [1.165, 1.54) is 6.07 Å². The van der Waals surface area contributed by atoms with Crippen LogP contribution in [0.5, 0.6) is 5.75 Å². The molecule has 0 amide bonds. The molecular weight excluding hydrogens is 278 g/mol. The predicted molar refractivity (Wildman–Crippen MR) is 67.7 cm³/mol. The minimum absolute atomic E-state index is 0.00472. The van der Waals surface area contributed by atoms with Gasteiger partial charge in [-0.2, -0.15) is 8.78 Å². The lowest BCUT2D eigenvalue weighted by atomic mass is 10.0. The second-order valence-electron chi connectivity index (χ2n) is 3.88. The van der Waals surface area contributed by atoms with E-state index in [1.54, 1.807) is 19.9 Å². The molecule has 106 valence electrons. The Balaban J connectivity index is 3.01. The summed E-state index contributed by atoms with van der Waals surface area (Å²) in [4.78, 5) is 11.4. The van der Waals surface area contributed by atoms with Crippen molar-refractivity contribution in [2.45, 2.75) is 32.8 Å². The number of carbonyl (C=O) groups is 1. The Bertz CT molecular complexity index is 450. The lowest BCUT2D eigenvalue weighted by molar-refractivity contribution is -0.142. The Morgan fingerprint density at radius 1 is 1.37 bits per heavy atom. The van der Waals surface area contributed by atoms with Gasteiger partial charge in [0.05, 0.1) is 18.9 Å². The number of hydrogen-bond acceptors (Lipinski definition) is 3. The van der Waals surface area contributed by atoms with Gasteiger partial charge >= 0.3 is 12.6 Å². The molecule has 0 aromatic heterocycles. The maximum absolute atomic E-state index is 12.3. The third-order valence-corrected chi connectivity index (χ3v) is 2.81. The van der Waals surface area contributed by atoms with Crippen LogP contribution in [0.1, 0.15) is 23.6 Å². The minimum Gasteiger partial charge on any atom is -0.466 e. The quantitative estimate of drug-likeness (QED) is 0.595. The van der Waals surface area contributed by atoms with Gasteiger partial charge in [0.25, 0.3) is 0 Å². The van der Waals surface area contributed by atoms with Crippen molar-refractivity contribution in [3.05, 3.63) is 28.8 Å². The van der Waals surface area contributed by atoms with E-state index in [1.807, 2.05) is 0 Å². The number of benzene rings is 1. The normalized spacial score (nSPS) is 10.6. The SMILES string of the molecule is CCOC(=O)Cc1cc(OC(F)F)c(CCl)cc1C. The van der Waals surface area contributed by atoms with Crippen molar-refractivity contribution in [1.82, 2.24) is 0 Å². The standard InChI is InChI=1S/C13H15ClF2O3/c1-3-18-12(17)6-9-5-11(19-13(15)16)10(7-14)4-8(9)2/h4-5,13H,3,6-7H2,1-2H3. The molecule has 0 N–H and O–H groups in total. The summed E-state index contributed by atoms with van der Waals surface area (Å²) in [5, 5.41) is 0. The monoisotopic (exact) mass is 292 g/mol. The van der Waals surface area contributed by atoms with Crippen molar-refractivity contribution in [3.63, 3.8) is 0 Å². The molecule has 3 nitrogen and oxygen atoms in total. The average molecular weight is 293 g/mol. The van der Waals surface area contributed by atoms with Crippen LogP contribution in [0.2, 0.25) is 0 Å². The fraction of sp³-hybridized carbons (Fsp3) is 0.462. The number of aryl methyl sites for hydroxylation is 1. The van der Waals surface area contributed by atoms with Crippen LogP contribution in [-0.2, 0) is 21.8 Å². The van der Waals surface area contributed by atoms with Crippen LogP contribution in [0.25, 0.3) is 0 Å². The summed E-state index contributed by atoms with van der Waals surface area (Å²) in [7, 11) is 0. The van der Waals surface area contributed by atoms with Crippen LogP contribution in [0.4, 0.5) is 8.78 Å². The number of esters is 1. The van der Waals surface area contributed by atoms with Crippen molar-refractivity contribution in [2.24, 2.45) is 0 Å². The van der Waals surface area contributed by atoms with E-state index in [4.69, 9.17) is 16.3 Å². The molecule has 0 spiro atoms. The van der Waals surface area contributed by atoms with Gasteiger partial charge in [0.1, 0.15) is 5.75 Å². The molecule has 1 aromatic carbocycles. The largest absolute Gasteiger partial charge is 0.466 e. The Hall–Kier alpha value is -1.36. The van der Waals surface area contributed by atoms with Gasteiger partial charge in [-0.1, -0.05) is 6.07 Å². The molecule has 0 aliphatic carbocycles. The highest BCUT2D eigenvalue weighted by atomic mass is 35.5. The summed E-state index contributed by atoms with van der Waals surface area (Å²) < 4.78 is 33.8. The molecule has 0 fully saturated rings. The van der Waals surface area contributed by atoms with Gasteiger partial charge < -0.3 is 9.47 Å². The van der Waals surface area contributed by atoms with E-state index < -0.39 is 12.6 Å². The maximum atomic E-state index is 12.3. The van der Waals surface area contributed by atoms with E-state index in [-0.39, 0.29) is 24.7 Å². The van der Waals surface area contributed by atoms with Gasteiger partial charge in [-0.05, 0) is 31.0 Å².